The minimum Gasteiger partial charge on any atom is -0.478 e. The van der Waals surface area contributed by atoms with Crippen LogP contribution in [0.15, 0.2) is 11.4 Å². The Labute approximate surface area is 105 Å². The molecule has 0 fully saturated rings. The third kappa shape index (κ3) is 4.76. The highest BCUT2D eigenvalue weighted by Crippen LogP contribution is 2.23. The van der Waals surface area contributed by atoms with Gasteiger partial charge in [0.2, 0.25) is 5.91 Å². The van der Waals surface area contributed by atoms with Gasteiger partial charge >= 0.3 is 5.97 Å². The van der Waals surface area contributed by atoms with Crippen molar-refractivity contribution in [1.29, 1.82) is 0 Å². The number of anilines is 1. The zero-order chi connectivity index (χ0) is 13.5. The summed E-state index contributed by atoms with van der Waals surface area (Å²) in [5, 5.41) is 12.9. The third-order valence-electron chi connectivity index (χ3n) is 1.87. The molecule has 0 aliphatic heterocycles. The fraction of sp³-hybridized carbons (Fsp3) is 0.400. The summed E-state index contributed by atoms with van der Waals surface area (Å²) < 4.78 is 28.0. The summed E-state index contributed by atoms with van der Waals surface area (Å²) >= 11 is 1.08. The van der Waals surface area contributed by atoms with Crippen molar-refractivity contribution in [3.8, 4) is 0 Å². The van der Waals surface area contributed by atoms with Gasteiger partial charge in [-0.2, -0.15) is 0 Å². The molecule has 1 amide bonds. The van der Waals surface area contributed by atoms with E-state index in [1.54, 1.807) is 0 Å². The number of halogens is 2. The van der Waals surface area contributed by atoms with Crippen LogP contribution < -0.4 is 5.32 Å². The zero-order valence-electron chi connectivity index (χ0n) is 9.19. The quantitative estimate of drug-likeness (QED) is 0.749. The molecule has 0 radical (unpaired) electrons. The molecule has 0 aliphatic carbocycles. The molecule has 0 atom stereocenters. The summed E-state index contributed by atoms with van der Waals surface area (Å²) in [5.74, 6) is -1.62. The molecule has 2 N–H and O–H groups in total. The molecule has 0 saturated carbocycles. The van der Waals surface area contributed by atoms with Crippen LogP contribution in [0.4, 0.5) is 13.8 Å². The number of carboxylic acid groups (broad SMARTS) is 1. The smallest absolute Gasteiger partial charge is 0.338 e. The van der Waals surface area contributed by atoms with E-state index in [0.29, 0.717) is 0 Å². The maximum atomic E-state index is 11.7. The first kappa shape index (κ1) is 14.5. The van der Waals surface area contributed by atoms with E-state index in [1.165, 1.54) is 11.4 Å². The molecule has 0 aromatic carbocycles. The average Bonchev–Trinajstić information content (AvgIpc) is 2.72. The topological polar surface area (TPSA) is 75.6 Å². The van der Waals surface area contributed by atoms with Crippen LogP contribution >= 0.6 is 11.3 Å². The summed E-state index contributed by atoms with van der Waals surface area (Å²) in [6.45, 7) is -0.851. The highest BCUT2D eigenvalue weighted by Gasteiger charge is 2.13. The number of rotatable bonds is 7. The second-order valence-electron chi connectivity index (χ2n) is 3.23. The van der Waals surface area contributed by atoms with Crippen molar-refractivity contribution in [2.75, 3.05) is 18.5 Å². The normalized spacial score (nSPS) is 10.6. The molecule has 8 heteroatoms. The summed E-state index contributed by atoms with van der Waals surface area (Å²) in [5.41, 5.74) is 0.00171. The maximum Gasteiger partial charge on any atom is 0.338 e. The number of aromatic carboxylic acids is 1. The van der Waals surface area contributed by atoms with E-state index < -0.39 is 24.9 Å². The van der Waals surface area contributed by atoms with Gasteiger partial charge in [-0.15, -0.1) is 11.3 Å². The molecule has 1 aromatic rings. The number of amides is 1. The van der Waals surface area contributed by atoms with Crippen molar-refractivity contribution >= 4 is 28.2 Å². The Balaban J connectivity index is 2.36. The lowest BCUT2D eigenvalue weighted by molar-refractivity contribution is -0.117. The molecule has 18 heavy (non-hydrogen) atoms. The molecule has 0 bridgehead atoms. The fourth-order valence-corrected chi connectivity index (χ4v) is 1.90. The summed E-state index contributed by atoms with van der Waals surface area (Å²) in [6.07, 6.45) is -2.67. The minimum absolute atomic E-state index is 0.00171. The Bertz CT molecular complexity index is 422. The molecule has 0 saturated heterocycles. The predicted octanol–water partition coefficient (Wildman–Crippen LogP) is 2.06. The van der Waals surface area contributed by atoms with Gasteiger partial charge in [-0.3, -0.25) is 4.79 Å². The first-order valence-corrected chi connectivity index (χ1v) is 5.85. The Morgan fingerprint density at radius 2 is 2.22 bits per heavy atom. The second-order valence-corrected chi connectivity index (χ2v) is 4.15. The Kier molecular flexibility index (Phi) is 5.66. The number of nitrogens with one attached hydrogen (secondary N) is 1. The van der Waals surface area contributed by atoms with Gasteiger partial charge in [0.05, 0.1) is 18.6 Å². The first-order valence-electron chi connectivity index (χ1n) is 4.97. The second kappa shape index (κ2) is 7.02. The molecule has 100 valence electrons. The van der Waals surface area contributed by atoms with Crippen LogP contribution in [0.1, 0.15) is 16.8 Å². The number of hydrogen-bond acceptors (Lipinski definition) is 4. The van der Waals surface area contributed by atoms with Gasteiger partial charge in [0, 0.05) is 0 Å². The number of carbonyl (C=O) groups excluding carboxylic acids is 1. The van der Waals surface area contributed by atoms with Crippen molar-refractivity contribution in [3.05, 3.63) is 17.0 Å². The van der Waals surface area contributed by atoms with Crippen molar-refractivity contribution in [2.24, 2.45) is 0 Å². The summed E-state index contributed by atoms with van der Waals surface area (Å²) in [7, 11) is 0. The van der Waals surface area contributed by atoms with Gasteiger partial charge in [0.15, 0.2) is 0 Å². The van der Waals surface area contributed by atoms with E-state index >= 15 is 0 Å². The molecule has 1 heterocycles. The third-order valence-corrected chi connectivity index (χ3v) is 2.70. The van der Waals surface area contributed by atoms with E-state index in [0.717, 1.165) is 11.3 Å². The molecular formula is C10H11F2NO4S. The molecule has 0 spiro atoms. The number of ether oxygens (including phenoxy) is 1. The standard InChI is InChI=1S/C10H11F2NO4S/c11-7(12)5-17-3-1-8(14)13-9-6(10(15)16)2-4-18-9/h2,4,7H,1,3,5H2,(H,13,14)(H,15,16). The van der Waals surface area contributed by atoms with Crippen LogP contribution in [0, 0.1) is 0 Å². The van der Waals surface area contributed by atoms with Gasteiger partial charge in [-0.25, -0.2) is 13.6 Å². The average molecular weight is 279 g/mol. The van der Waals surface area contributed by atoms with Gasteiger partial charge in [-0.05, 0) is 11.4 Å². The SMILES string of the molecule is O=C(CCOCC(F)F)Nc1sccc1C(=O)O. The Hall–Kier alpha value is -1.54. The van der Waals surface area contributed by atoms with Crippen molar-refractivity contribution in [2.45, 2.75) is 12.8 Å². The lowest BCUT2D eigenvalue weighted by atomic mass is 10.3. The molecular weight excluding hydrogens is 268 g/mol. The van der Waals surface area contributed by atoms with E-state index in [9.17, 15) is 18.4 Å². The van der Waals surface area contributed by atoms with Crippen LogP contribution in [0.2, 0.25) is 0 Å². The highest BCUT2D eigenvalue weighted by atomic mass is 32.1. The monoisotopic (exact) mass is 279 g/mol. The zero-order valence-corrected chi connectivity index (χ0v) is 10.0. The van der Waals surface area contributed by atoms with E-state index in [1.807, 2.05) is 0 Å². The Morgan fingerprint density at radius 3 is 2.83 bits per heavy atom. The van der Waals surface area contributed by atoms with Crippen LogP contribution in [0.5, 0.6) is 0 Å². The Morgan fingerprint density at radius 1 is 1.50 bits per heavy atom. The van der Waals surface area contributed by atoms with Gasteiger partial charge in [0.25, 0.3) is 6.43 Å². The number of alkyl halides is 2. The number of carboxylic acids is 1. The molecule has 0 aliphatic rings. The van der Waals surface area contributed by atoms with Crippen LogP contribution in [-0.2, 0) is 9.53 Å². The minimum atomic E-state index is -2.57. The van der Waals surface area contributed by atoms with Gasteiger partial charge < -0.3 is 15.2 Å². The van der Waals surface area contributed by atoms with Crippen molar-refractivity contribution in [3.63, 3.8) is 0 Å². The van der Waals surface area contributed by atoms with Gasteiger partial charge in [-0.1, -0.05) is 0 Å². The first-order chi connectivity index (χ1) is 8.50. The van der Waals surface area contributed by atoms with Crippen LogP contribution in [-0.4, -0.2) is 36.6 Å². The molecule has 5 nitrogen and oxygen atoms in total. The number of thiophene rings is 1. The highest BCUT2D eigenvalue weighted by molar-refractivity contribution is 7.14. The number of hydrogen-bond donors (Lipinski definition) is 2. The molecule has 0 unspecified atom stereocenters. The predicted molar refractivity (Wildman–Crippen MR) is 61.3 cm³/mol. The lowest BCUT2D eigenvalue weighted by Gasteiger charge is -2.05. The maximum absolute atomic E-state index is 11.7. The lowest BCUT2D eigenvalue weighted by Crippen LogP contribution is -2.16. The van der Waals surface area contributed by atoms with E-state index in [4.69, 9.17) is 5.11 Å². The van der Waals surface area contributed by atoms with Gasteiger partial charge in [0.1, 0.15) is 11.6 Å². The van der Waals surface area contributed by atoms with Crippen molar-refractivity contribution in [1.82, 2.24) is 0 Å². The van der Waals surface area contributed by atoms with E-state index in [2.05, 4.69) is 10.1 Å². The van der Waals surface area contributed by atoms with Crippen LogP contribution in [0.25, 0.3) is 0 Å². The number of carbonyl (C=O) groups is 2. The van der Waals surface area contributed by atoms with E-state index in [-0.39, 0.29) is 23.6 Å². The molecule has 1 rings (SSSR count). The van der Waals surface area contributed by atoms with Crippen LogP contribution in [0.3, 0.4) is 0 Å². The largest absolute Gasteiger partial charge is 0.478 e. The summed E-state index contributed by atoms with van der Waals surface area (Å²) in [4.78, 5) is 22.1. The summed E-state index contributed by atoms with van der Waals surface area (Å²) in [6, 6.07) is 1.37. The van der Waals surface area contributed by atoms with Crippen molar-refractivity contribution < 1.29 is 28.2 Å². The fourth-order valence-electron chi connectivity index (χ4n) is 1.10. The molecule has 1 aromatic heterocycles.